The summed E-state index contributed by atoms with van der Waals surface area (Å²) in [6.07, 6.45) is 1.57. The summed E-state index contributed by atoms with van der Waals surface area (Å²) in [6, 6.07) is 24.5. The number of aromatic nitrogens is 2. The molecule has 2 heterocycles. The lowest BCUT2D eigenvalue weighted by Crippen LogP contribution is -2.39. The molecule has 1 aliphatic rings. The zero-order valence-corrected chi connectivity index (χ0v) is 20.5. The molecule has 0 atom stereocenters. The number of fused-ring (bicyclic) bond motifs is 1. The fraction of sp³-hybridized carbons (Fsp3) is 0.296. The van der Waals surface area contributed by atoms with Crippen LogP contribution in [0.1, 0.15) is 18.7 Å². The molecule has 0 saturated carbocycles. The molecule has 35 heavy (non-hydrogen) atoms. The number of imidazole rings is 1. The summed E-state index contributed by atoms with van der Waals surface area (Å²) in [7, 11) is -2.01. The van der Waals surface area contributed by atoms with Gasteiger partial charge in [0.05, 0.1) is 23.0 Å². The number of hydrogen-bond donors (Lipinski definition) is 0. The van der Waals surface area contributed by atoms with E-state index in [2.05, 4.69) is 10.6 Å². The van der Waals surface area contributed by atoms with Crippen LogP contribution in [0.5, 0.6) is 11.5 Å². The first-order valence-electron chi connectivity index (χ1n) is 11.8. The van der Waals surface area contributed by atoms with Crippen molar-refractivity contribution in [3.8, 4) is 11.5 Å². The molecule has 0 spiro atoms. The summed E-state index contributed by atoms with van der Waals surface area (Å²) in [4.78, 5) is 5.10. The predicted octanol–water partition coefficient (Wildman–Crippen LogP) is 4.72. The number of rotatable bonds is 8. The minimum absolute atomic E-state index is 0.274. The van der Waals surface area contributed by atoms with Gasteiger partial charge in [0.2, 0.25) is 10.0 Å². The van der Waals surface area contributed by atoms with E-state index in [9.17, 15) is 8.42 Å². The van der Waals surface area contributed by atoms with E-state index < -0.39 is 10.0 Å². The van der Waals surface area contributed by atoms with Gasteiger partial charge in [-0.05, 0) is 55.2 Å². The highest BCUT2D eigenvalue weighted by Gasteiger charge is 2.30. The molecule has 3 aromatic carbocycles. The van der Waals surface area contributed by atoms with Gasteiger partial charge in [0, 0.05) is 25.7 Å². The maximum absolute atomic E-state index is 13.2. The summed E-state index contributed by atoms with van der Waals surface area (Å²) in [5, 5.41) is 0. The van der Waals surface area contributed by atoms with E-state index >= 15 is 0 Å². The Hall–Kier alpha value is -3.36. The van der Waals surface area contributed by atoms with Crippen LogP contribution in [0.4, 0.5) is 0 Å². The number of hydrogen-bond acceptors (Lipinski definition) is 5. The third kappa shape index (κ3) is 5.04. The van der Waals surface area contributed by atoms with E-state index in [1.165, 1.54) is 7.11 Å². The highest BCUT2D eigenvalue weighted by Crippen LogP contribution is 2.28. The van der Waals surface area contributed by atoms with E-state index in [1.807, 2.05) is 48.5 Å². The Morgan fingerprint density at radius 2 is 1.63 bits per heavy atom. The standard InChI is InChI=1S/C27H29N3O4S/c1-33-23-10-7-11-24(18-23)35(31,32)29-16-14-21(15-17-29)19-30-26-13-6-5-12-25(26)28-27(30)20-34-22-8-3-2-4-9-22/h2-13,18,21H,14-17,19-20H2,1H3. The molecular weight excluding hydrogens is 462 g/mol. The van der Waals surface area contributed by atoms with Crippen LogP contribution < -0.4 is 9.47 Å². The Morgan fingerprint density at radius 3 is 2.40 bits per heavy atom. The molecule has 0 radical (unpaired) electrons. The van der Waals surface area contributed by atoms with Gasteiger partial charge in [-0.25, -0.2) is 13.4 Å². The van der Waals surface area contributed by atoms with Crippen molar-refractivity contribution < 1.29 is 17.9 Å². The number of benzene rings is 3. The van der Waals surface area contributed by atoms with Crippen molar-refractivity contribution in [2.75, 3.05) is 20.2 Å². The van der Waals surface area contributed by atoms with Crippen LogP contribution in [0.2, 0.25) is 0 Å². The van der Waals surface area contributed by atoms with Gasteiger partial charge in [-0.2, -0.15) is 4.31 Å². The molecule has 1 aliphatic heterocycles. The Balaban J connectivity index is 1.30. The molecule has 182 valence electrons. The van der Waals surface area contributed by atoms with Crippen LogP contribution >= 0.6 is 0 Å². The molecule has 1 fully saturated rings. The molecule has 1 aromatic heterocycles. The molecule has 0 amide bonds. The van der Waals surface area contributed by atoms with Crippen molar-refractivity contribution in [2.45, 2.75) is 30.9 Å². The van der Waals surface area contributed by atoms with Crippen molar-refractivity contribution in [3.63, 3.8) is 0 Å². The van der Waals surface area contributed by atoms with E-state index in [0.717, 1.165) is 42.0 Å². The normalized spacial score (nSPS) is 15.3. The van der Waals surface area contributed by atoms with Gasteiger partial charge < -0.3 is 14.0 Å². The van der Waals surface area contributed by atoms with Gasteiger partial charge in [0.25, 0.3) is 0 Å². The van der Waals surface area contributed by atoms with Crippen LogP contribution in [0.15, 0.2) is 83.8 Å². The van der Waals surface area contributed by atoms with Gasteiger partial charge in [0.15, 0.2) is 0 Å². The lowest BCUT2D eigenvalue weighted by Gasteiger charge is -2.31. The van der Waals surface area contributed by atoms with Gasteiger partial charge in [0.1, 0.15) is 23.9 Å². The molecule has 0 N–H and O–H groups in total. The predicted molar refractivity (Wildman–Crippen MR) is 135 cm³/mol. The summed E-state index contributed by atoms with van der Waals surface area (Å²) in [6.45, 7) is 2.14. The zero-order valence-electron chi connectivity index (χ0n) is 19.7. The first-order valence-corrected chi connectivity index (χ1v) is 13.2. The van der Waals surface area contributed by atoms with Crippen molar-refractivity contribution >= 4 is 21.1 Å². The van der Waals surface area contributed by atoms with Gasteiger partial charge in [-0.15, -0.1) is 0 Å². The monoisotopic (exact) mass is 491 g/mol. The zero-order chi connectivity index (χ0) is 24.3. The van der Waals surface area contributed by atoms with Gasteiger partial charge in [-0.1, -0.05) is 36.4 Å². The molecule has 0 unspecified atom stereocenters. The molecule has 0 aliphatic carbocycles. The molecular formula is C27H29N3O4S. The summed E-state index contributed by atoms with van der Waals surface area (Å²) in [5.74, 6) is 2.57. The minimum Gasteiger partial charge on any atom is -0.497 e. The number of nitrogens with zero attached hydrogens (tertiary/aromatic N) is 3. The van der Waals surface area contributed by atoms with Gasteiger partial charge >= 0.3 is 0 Å². The maximum Gasteiger partial charge on any atom is 0.243 e. The number of sulfonamides is 1. The van der Waals surface area contributed by atoms with Crippen LogP contribution in [0.3, 0.4) is 0 Å². The Bertz CT molecular complexity index is 1390. The maximum atomic E-state index is 13.2. The number of para-hydroxylation sites is 3. The van der Waals surface area contributed by atoms with Gasteiger partial charge in [-0.3, -0.25) is 0 Å². The Morgan fingerprint density at radius 1 is 0.914 bits per heavy atom. The second-order valence-electron chi connectivity index (χ2n) is 8.76. The lowest BCUT2D eigenvalue weighted by molar-refractivity contribution is 0.244. The Kier molecular flexibility index (Phi) is 6.74. The van der Waals surface area contributed by atoms with E-state index in [0.29, 0.717) is 31.4 Å². The quantitative estimate of drug-likeness (QED) is 0.356. The lowest BCUT2D eigenvalue weighted by atomic mass is 9.98. The van der Waals surface area contributed by atoms with Crippen LogP contribution in [0.25, 0.3) is 11.0 Å². The average Bonchev–Trinajstić information content (AvgIpc) is 3.25. The number of methoxy groups -OCH3 is 1. The third-order valence-corrected chi connectivity index (χ3v) is 8.43. The number of piperidine rings is 1. The van der Waals surface area contributed by atoms with Crippen molar-refractivity contribution in [3.05, 3.63) is 84.7 Å². The number of ether oxygens (including phenoxy) is 2. The molecule has 4 aromatic rings. The van der Waals surface area contributed by atoms with E-state index in [1.54, 1.807) is 28.6 Å². The average molecular weight is 492 g/mol. The van der Waals surface area contributed by atoms with Crippen LogP contribution in [-0.4, -0.2) is 42.5 Å². The highest BCUT2D eigenvalue weighted by atomic mass is 32.2. The van der Waals surface area contributed by atoms with Crippen molar-refractivity contribution in [1.29, 1.82) is 0 Å². The summed E-state index contributed by atoms with van der Waals surface area (Å²) >= 11 is 0. The minimum atomic E-state index is -3.55. The smallest absolute Gasteiger partial charge is 0.243 e. The molecule has 7 nitrogen and oxygen atoms in total. The first kappa shape index (κ1) is 23.4. The van der Waals surface area contributed by atoms with E-state index in [4.69, 9.17) is 14.5 Å². The fourth-order valence-electron chi connectivity index (χ4n) is 4.61. The molecule has 8 heteroatoms. The van der Waals surface area contributed by atoms with Crippen LogP contribution in [0, 0.1) is 5.92 Å². The topological polar surface area (TPSA) is 73.7 Å². The third-order valence-electron chi connectivity index (χ3n) is 6.54. The van der Waals surface area contributed by atoms with Crippen molar-refractivity contribution in [2.24, 2.45) is 5.92 Å². The highest BCUT2D eigenvalue weighted by molar-refractivity contribution is 7.89. The first-order chi connectivity index (χ1) is 17.0. The molecule has 0 bridgehead atoms. The fourth-order valence-corrected chi connectivity index (χ4v) is 6.11. The summed E-state index contributed by atoms with van der Waals surface area (Å²) < 4.78 is 41.4. The van der Waals surface area contributed by atoms with E-state index in [-0.39, 0.29) is 4.90 Å². The Labute approximate surface area is 206 Å². The molecule has 5 rings (SSSR count). The van der Waals surface area contributed by atoms with Crippen LogP contribution in [-0.2, 0) is 23.2 Å². The largest absolute Gasteiger partial charge is 0.497 e. The SMILES string of the molecule is COc1cccc(S(=O)(=O)N2CCC(Cn3c(COc4ccccc4)nc4ccccc43)CC2)c1. The summed E-state index contributed by atoms with van der Waals surface area (Å²) in [5.41, 5.74) is 2.02. The second kappa shape index (κ2) is 10.1. The van der Waals surface area contributed by atoms with Crippen molar-refractivity contribution in [1.82, 2.24) is 13.9 Å². The second-order valence-corrected chi connectivity index (χ2v) is 10.7. The molecule has 1 saturated heterocycles.